The predicted molar refractivity (Wildman–Crippen MR) is 88.2 cm³/mol. The topological polar surface area (TPSA) is 53.6 Å². The summed E-state index contributed by atoms with van der Waals surface area (Å²) in [5.41, 5.74) is 3.09. The molecule has 2 atom stereocenters. The summed E-state index contributed by atoms with van der Waals surface area (Å²) in [6, 6.07) is 10.8. The molecule has 0 radical (unpaired) electrons. The highest BCUT2D eigenvalue weighted by Crippen LogP contribution is 2.30. The van der Waals surface area contributed by atoms with Crippen molar-refractivity contribution >= 4 is 11.8 Å². The van der Waals surface area contributed by atoms with Crippen LogP contribution >= 0.6 is 11.8 Å². The summed E-state index contributed by atoms with van der Waals surface area (Å²) in [6.45, 7) is 3.03. The minimum absolute atomic E-state index is 0.607. The molecule has 3 rings (SSSR count). The number of nitrogens with zero attached hydrogens (tertiary/aromatic N) is 2. The third-order valence-electron chi connectivity index (χ3n) is 4.03. The van der Waals surface area contributed by atoms with Gasteiger partial charge in [0, 0.05) is 23.4 Å². The molecule has 0 bridgehead atoms. The molecular formula is C16H22N4S. The van der Waals surface area contributed by atoms with Crippen LogP contribution in [0.4, 0.5) is 0 Å². The fourth-order valence-corrected chi connectivity index (χ4v) is 4.23. The Labute approximate surface area is 130 Å². The number of nitrogens with one attached hydrogen (secondary N) is 2. The predicted octanol–water partition coefficient (Wildman–Crippen LogP) is 3.24. The number of aromatic amines is 1. The van der Waals surface area contributed by atoms with E-state index in [2.05, 4.69) is 51.5 Å². The van der Waals surface area contributed by atoms with Crippen LogP contribution in [-0.4, -0.2) is 32.5 Å². The number of hydrogen-bond acceptors (Lipinski definition) is 4. The maximum Gasteiger partial charge on any atom is 0.117 e. The number of hydrogen-bond donors (Lipinski definition) is 2. The SMILES string of the molecule is CCSC1CCCC1NCc1n[nH]nc1-c1ccccc1. The van der Waals surface area contributed by atoms with Gasteiger partial charge in [0.15, 0.2) is 0 Å². The number of thioether (sulfide) groups is 1. The molecule has 21 heavy (non-hydrogen) atoms. The van der Waals surface area contributed by atoms with Gasteiger partial charge in [0.1, 0.15) is 11.4 Å². The molecular weight excluding hydrogens is 280 g/mol. The molecule has 1 fully saturated rings. The number of H-pyrrole nitrogens is 1. The molecule has 2 unspecified atom stereocenters. The second-order valence-corrected chi connectivity index (χ2v) is 6.91. The lowest BCUT2D eigenvalue weighted by atomic mass is 10.1. The molecule has 2 N–H and O–H groups in total. The molecule has 1 aromatic heterocycles. The fraction of sp³-hybridized carbons (Fsp3) is 0.500. The Kier molecular flexibility index (Phi) is 4.93. The summed E-state index contributed by atoms with van der Waals surface area (Å²) in [5.74, 6) is 1.20. The molecule has 112 valence electrons. The van der Waals surface area contributed by atoms with Crippen molar-refractivity contribution in [3.05, 3.63) is 36.0 Å². The van der Waals surface area contributed by atoms with Gasteiger partial charge in [0.25, 0.3) is 0 Å². The monoisotopic (exact) mass is 302 g/mol. The Morgan fingerprint density at radius 3 is 2.90 bits per heavy atom. The Morgan fingerprint density at radius 1 is 1.24 bits per heavy atom. The van der Waals surface area contributed by atoms with Gasteiger partial charge < -0.3 is 5.32 Å². The lowest BCUT2D eigenvalue weighted by molar-refractivity contribution is 0.527. The molecule has 0 spiro atoms. The average Bonchev–Trinajstić information content (AvgIpc) is 3.15. The molecule has 0 amide bonds. The first-order chi connectivity index (χ1) is 10.4. The Balaban J connectivity index is 1.65. The summed E-state index contributed by atoms with van der Waals surface area (Å²) in [5, 5.41) is 15.8. The van der Waals surface area contributed by atoms with E-state index in [0.29, 0.717) is 6.04 Å². The Bertz CT molecular complexity index is 554. The Morgan fingerprint density at radius 2 is 2.10 bits per heavy atom. The largest absolute Gasteiger partial charge is 0.307 e. The van der Waals surface area contributed by atoms with Crippen molar-refractivity contribution in [2.45, 2.75) is 44.0 Å². The second-order valence-electron chi connectivity index (χ2n) is 5.40. The van der Waals surface area contributed by atoms with Gasteiger partial charge in [-0.3, -0.25) is 0 Å². The van der Waals surface area contributed by atoms with Gasteiger partial charge in [-0.1, -0.05) is 43.7 Å². The van der Waals surface area contributed by atoms with Crippen LogP contribution in [0.2, 0.25) is 0 Å². The van der Waals surface area contributed by atoms with Crippen molar-refractivity contribution in [2.75, 3.05) is 5.75 Å². The number of rotatable bonds is 6. The summed E-state index contributed by atoms with van der Waals surface area (Å²) >= 11 is 2.08. The van der Waals surface area contributed by atoms with Crippen LogP contribution in [0.25, 0.3) is 11.3 Å². The van der Waals surface area contributed by atoms with Crippen LogP contribution in [0.15, 0.2) is 30.3 Å². The van der Waals surface area contributed by atoms with E-state index in [-0.39, 0.29) is 0 Å². The molecule has 1 aromatic carbocycles. The lowest BCUT2D eigenvalue weighted by Gasteiger charge is -2.19. The van der Waals surface area contributed by atoms with E-state index in [0.717, 1.165) is 28.7 Å². The molecule has 1 heterocycles. The van der Waals surface area contributed by atoms with Gasteiger partial charge in [-0.2, -0.15) is 27.2 Å². The van der Waals surface area contributed by atoms with E-state index in [4.69, 9.17) is 0 Å². The molecule has 5 heteroatoms. The van der Waals surface area contributed by atoms with Gasteiger partial charge >= 0.3 is 0 Å². The highest BCUT2D eigenvalue weighted by atomic mass is 32.2. The molecule has 1 saturated carbocycles. The van der Waals surface area contributed by atoms with Gasteiger partial charge in [-0.05, 0) is 18.6 Å². The molecule has 0 saturated heterocycles. The lowest BCUT2D eigenvalue weighted by Crippen LogP contribution is -2.34. The first-order valence-corrected chi connectivity index (χ1v) is 8.73. The smallest absolute Gasteiger partial charge is 0.117 e. The second kappa shape index (κ2) is 7.09. The molecule has 2 aromatic rings. The van der Waals surface area contributed by atoms with Crippen LogP contribution in [0, 0.1) is 0 Å². The fourth-order valence-electron chi connectivity index (χ4n) is 3.00. The van der Waals surface area contributed by atoms with E-state index in [9.17, 15) is 0 Å². The quantitative estimate of drug-likeness (QED) is 0.860. The van der Waals surface area contributed by atoms with Crippen molar-refractivity contribution < 1.29 is 0 Å². The minimum atomic E-state index is 0.607. The van der Waals surface area contributed by atoms with E-state index in [1.165, 1.54) is 25.0 Å². The zero-order chi connectivity index (χ0) is 14.5. The zero-order valence-corrected chi connectivity index (χ0v) is 13.2. The van der Waals surface area contributed by atoms with Gasteiger partial charge in [-0.25, -0.2) is 0 Å². The van der Waals surface area contributed by atoms with Crippen LogP contribution in [0.5, 0.6) is 0 Å². The van der Waals surface area contributed by atoms with Gasteiger partial charge in [0.2, 0.25) is 0 Å². The van der Waals surface area contributed by atoms with Gasteiger partial charge in [-0.15, -0.1) is 0 Å². The molecule has 1 aliphatic carbocycles. The number of aromatic nitrogens is 3. The first kappa shape index (κ1) is 14.6. The summed E-state index contributed by atoms with van der Waals surface area (Å²) in [4.78, 5) is 0. The minimum Gasteiger partial charge on any atom is -0.307 e. The standard InChI is InChI=1S/C16H22N4S/c1-2-21-15-10-6-9-13(15)17-11-14-16(19-20-18-14)12-7-4-3-5-8-12/h3-5,7-8,13,15,17H,2,6,9-11H2,1H3,(H,18,19,20). The third-order valence-corrected chi connectivity index (χ3v) is 5.36. The van der Waals surface area contributed by atoms with Crippen LogP contribution in [0.3, 0.4) is 0 Å². The maximum absolute atomic E-state index is 4.32. The van der Waals surface area contributed by atoms with E-state index in [1.54, 1.807) is 0 Å². The third kappa shape index (κ3) is 3.47. The number of benzene rings is 1. The maximum atomic E-state index is 4.32. The van der Waals surface area contributed by atoms with Crippen molar-refractivity contribution in [3.63, 3.8) is 0 Å². The average molecular weight is 302 g/mol. The van der Waals surface area contributed by atoms with Crippen molar-refractivity contribution in [3.8, 4) is 11.3 Å². The zero-order valence-electron chi connectivity index (χ0n) is 12.4. The summed E-state index contributed by atoms with van der Waals surface area (Å²) in [6.07, 6.45) is 3.94. The normalized spacial score (nSPS) is 21.8. The van der Waals surface area contributed by atoms with Gasteiger partial charge in [0.05, 0.1) is 0 Å². The summed E-state index contributed by atoms with van der Waals surface area (Å²) in [7, 11) is 0. The van der Waals surface area contributed by atoms with E-state index in [1.807, 2.05) is 18.2 Å². The molecule has 4 nitrogen and oxygen atoms in total. The van der Waals surface area contributed by atoms with E-state index < -0.39 is 0 Å². The van der Waals surface area contributed by atoms with Crippen molar-refractivity contribution in [1.29, 1.82) is 0 Å². The highest BCUT2D eigenvalue weighted by molar-refractivity contribution is 7.99. The van der Waals surface area contributed by atoms with Crippen LogP contribution in [0.1, 0.15) is 31.9 Å². The van der Waals surface area contributed by atoms with Crippen LogP contribution < -0.4 is 5.32 Å². The van der Waals surface area contributed by atoms with Crippen LogP contribution in [-0.2, 0) is 6.54 Å². The first-order valence-electron chi connectivity index (χ1n) is 7.68. The highest BCUT2D eigenvalue weighted by Gasteiger charge is 2.27. The molecule has 0 aliphatic heterocycles. The van der Waals surface area contributed by atoms with Crippen molar-refractivity contribution in [2.24, 2.45) is 0 Å². The Hall–Kier alpha value is -1.33. The van der Waals surface area contributed by atoms with Crippen molar-refractivity contribution in [1.82, 2.24) is 20.7 Å². The van der Waals surface area contributed by atoms with E-state index >= 15 is 0 Å². The summed E-state index contributed by atoms with van der Waals surface area (Å²) < 4.78 is 0. The molecule has 1 aliphatic rings.